The van der Waals surface area contributed by atoms with Gasteiger partial charge in [-0.15, -0.1) is 0 Å². The maximum absolute atomic E-state index is 9.77. The first-order valence-electron chi connectivity index (χ1n) is 9.76. The van der Waals surface area contributed by atoms with Gasteiger partial charge in [0.05, 0.1) is 29.4 Å². The molecule has 0 radical (unpaired) electrons. The van der Waals surface area contributed by atoms with Gasteiger partial charge in [0.1, 0.15) is 23.2 Å². The summed E-state index contributed by atoms with van der Waals surface area (Å²) in [6.07, 6.45) is 0.684. The van der Waals surface area contributed by atoms with Crippen molar-refractivity contribution in [3.63, 3.8) is 0 Å². The van der Waals surface area contributed by atoms with Crippen molar-refractivity contribution in [1.29, 1.82) is 10.5 Å². The highest BCUT2D eigenvalue weighted by Gasteiger charge is 2.45. The van der Waals surface area contributed by atoms with Gasteiger partial charge in [-0.1, -0.05) is 54.6 Å². The van der Waals surface area contributed by atoms with Crippen LogP contribution in [0.2, 0.25) is 0 Å². The SMILES string of the molecule is N#Cc1ccc(C#N)c(C[P+](c2ccccc2)(c2ccccc2)c2ccccc2)c1.[Br-]. The summed E-state index contributed by atoms with van der Waals surface area (Å²) < 4.78 is 0. The molecular formula is C27H20BrN2P. The monoisotopic (exact) mass is 482 g/mol. The fourth-order valence-corrected chi connectivity index (χ4v) is 8.19. The van der Waals surface area contributed by atoms with Gasteiger partial charge in [-0.05, 0) is 54.6 Å². The van der Waals surface area contributed by atoms with Gasteiger partial charge < -0.3 is 17.0 Å². The predicted molar refractivity (Wildman–Crippen MR) is 125 cm³/mol. The van der Waals surface area contributed by atoms with Crippen LogP contribution < -0.4 is 32.9 Å². The van der Waals surface area contributed by atoms with Gasteiger partial charge in [-0.3, -0.25) is 0 Å². The zero-order chi connectivity index (χ0) is 20.8. The van der Waals surface area contributed by atoms with Gasteiger partial charge in [0.15, 0.2) is 0 Å². The summed E-state index contributed by atoms with van der Waals surface area (Å²) in [5, 5.41) is 23.0. The number of nitrogens with zero attached hydrogens (tertiary/aromatic N) is 2. The predicted octanol–water partition coefficient (Wildman–Crippen LogP) is 1.93. The van der Waals surface area contributed by atoms with Crippen molar-refractivity contribution in [3.05, 3.63) is 126 Å². The molecule has 0 aliphatic heterocycles. The molecule has 0 atom stereocenters. The topological polar surface area (TPSA) is 47.6 Å². The Labute approximate surface area is 194 Å². The molecule has 0 saturated carbocycles. The van der Waals surface area contributed by atoms with E-state index in [0.29, 0.717) is 17.3 Å². The molecule has 0 aromatic heterocycles. The second kappa shape index (κ2) is 10.2. The molecule has 4 aromatic carbocycles. The largest absolute Gasteiger partial charge is 1.00 e. The van der Waals surface area contributed by atoms with E-state index in [1.54, 1.807) is 12.1 Å². The number of hydrogen-bond donors (Lipinski definition) is 0. The third-order valence-electron chi connectivity index (χ3n) is 5.35. The summed E-state index contributed by atoms with van der Waals surface area (Å²) in [7, 11) is -2.11. The van der Waals surface area contributed by atoms with Crippen LogP contribution in [-0.4, -0.2) is 0 Å². The smallest absolute Gasteiger partial charge is 0.116 e. The molecule has 31 heavy (non-hydrogen) atoms. The minimum absolute atomic E-state index is 0. The second-order valence-electron chi connectivity index (χ2n) is 7.07. The van der Waals surface area contributed by atoms with Crippen molar-refractivity contribution < 1.29 is 17.0 Å². The quantitative estimate of drug-likeness (QED) is 0.408. The lowest BCUT2D eigenvalue weighted by atomic mass is 10.1. The van der Waals surface area contributed by atoms with E-state index in [1.807, 2.05) is 24.3 Å². The fraction of sp³-hybridized carbons (Fsp3) is 0.0370. The minimum atomic E-state index is -2.11. The van der Waals surface area contributed by atoms with Crippen LogP contribution in [0.15, 0.2) is 109 Å². The minimum Gasteiger partial charge on any atom is -1.00 e. The number of nitriles is 2. The van der Waals surface area contributed by atoms with Crippen molar-refractivity contribution in [1.82, 2.24) is 0 Å². The summed E-state index contributed by atoms with van der Waals surface area (Å²) in [4.78, 5) is 0. The lowest BCUT2D eigenvalue weighted by Gasteiger charge is -2.28. The van der Waals surface area contributed by atoms with Crippen LogP contribution in [0, 0.1) is 22.7 Å². The molecule has 0 fully saturated rings. The van der Waals surface area contributed by atoms with Crippen molar-refractivity contribution >= 4 is 23.2 Å². The van der Waals surface area contributed by atoms with Gasteiger partial charge >= 0.3 is 0 Å². The summed E-state index contributed by atoms with van der Waals surface area (Å²) in [6, 6.07) is 41.6. The maximum Gasteiger partial charge on any atom is 0.116 e. The number of halogens is 1. The normalized spacial score (nSPS) is 10.4. The Bertz CT molecular complexity index is 1130. The molecule has 0 aliphatic carbocycles. The Morgan fingerprint density at radius 3 is 1.42 bits per heavy atom. The summed E-state index contributed by atoms with van der Waals surface area (Å²) in [5.41, 5.74) is 2.12. The molecule has 4 heteroatoms. The first-order valence-corrected chi connectivity index (χ1v) is 11.7. The van der Waals surface area contributed by atoms with Crippen LogP contribution in [-0.2, 0) is 6.16 Å². The molecule has 150 valence electrons. The molecule has 2 nitrogen and oxygen atoms in total. The van der Waals surface area contributed by atoms with E-state index >= 15 is 0 Å². The number of benzene rings is 4. The Hall–Kier alpha value is -3.23. The third-order valence-corrected chi connectivity index (χ3v) is 9.71. The summed E-state index contributed by atoms with van der Waals surface area (Å²) in [5.74, 6) is 0. The van der Waals surface area contributed by atoms with Gasteiger partial charge in [0.25, 0.3) is 0 Å². The van der Waals surface area contributed by atoms with Crippen LogP contribution in [0.3, 0.4) is 0 Å². The molecule has 4 rings (SSSR count). The van der Waals surface area contributed by atoms with Gasteiger partial charge in [-0.2, -0.15) is 10.5 Å². The molecular weight excluding hydrogens is 463 g/mol. The van der Waals surface area contributed by atoms with Gasteiger partial charge in [0, 0.05) is 5.56 Å². The van der Waals surface area contributed by atoms with E-state index in [-0.39, 0.29) is 17.0 Å². The van der Waals surface area contributed by atoms with Crippen molar-refractivity contribution in [3.8, 4) is 12.1 Å². The van der Waals surface area contributed by atoms with E-state index in [2.05, 4.69) is 84.9 Å². The van der Waals surface area contributed by atoms with E-state index in [9.17, 15) is 10.5 Å². The van der Waals surface area contributed by atoms with Crippen molar-refractivity contribution in [2.24, 2.45) is 0 Å². The Balaban J connectivity index is 0.00000272. The van der Waals surface area contributed by atoms with Crippen LogP contribution >= 0.6 is 7.26 Å². The number of hydrogen-bond acceptors (Lipinski definition) is 2. The molecule has 4 aromatic rings. The van der Waals surface area contributed by atoms with Crippen molar-refractivity contribution in [2.45, 2.75) is 6.16 Å². The van der Waals surface area contributed by atoms with Crippen LogP contribution in [0.25, 0.3) is 0 Å². The molecule has 0 N–H and O–H groups in total. The molecule has 0 bridgehead atoms. The molecule has 0 aliphatic rings. The highest BCUT2D eigenvalue weighted by atomic mass is 79.9. The van der Waals surface area contributed by atoms with Crippen molar-refractivity contribution in [2.75, 3.05) is 0 Å². The third kappa shape index (κ3) is 4.45. The van der Waals surface area contributed by atoms with Gasteiger partial charge in [-0.25, -0.2) is 0 Å². The first kappa shape index (κ1) is 22.5. The Kier molecular flexibility index (Phi) is 7.38. The standard InChI is InChI=1S/C27H20N2P.BrH/c28-19-22-16-17-23(20-29)24(18-22)21-30(25-10-4-1-5-11-25,26-12-6-2-7-13-26)27-14-8-3-9-15-27;/h1-18H,21H2;1H/q+1;/p-1. The van der Waals surface area contributed by atoms with Crippen LogP contribution in [0.1, 0.15) is 16.7 Å². The zero-order valence-corrected chi connectivity index (χ0v) is 19.3. The van der Waals surface area contributed by atoms with E-state index in [4.69, 9.17) is 0 Å². The Morgan fingerprint density at radius 1 is 0.581 bits per heavy atom. The molecule has 0 heterocycles. The second-order valence-corrected chi connectivity index (χ2v) is 10.6. The molecule has 0 unspecified atom stereocenters. The lowest BCUT2D eigenvalue weighted by Crippen LogP contribution is -3.00. The average molecular weight is 483 g/mol. The maximum atomic E-state index is 9.77. The summed E-state index contributed by atoms with van der Waals surface area (Å²) >= 11 is 0. The average Bonchev–Trinajstić information content (AvgIpc) is 2.84. The molecule has 0 spiro atoms. The van der Waals surface area contributed by atoms with Crippen LogP contribution in [0.5, 0.6) is 0 Å². The first-order chi connectivity index (χ1) is 14.8. The van der Waals surface area contributed by atoms with Crippen LogP contribution in [0.4, 0.5) is 0 Å². The Morgan fingerprint density at radius 2 is 1.03 bits per heavy atom. The number of rotatable bonds is 5. The fourth-order valence-electron chi connectivity index (χ4n) is 3.93. The molecule has 0 saturated heterocycles. The highest BCUT2D eigenvalue weighted by Crippen LogP contribution is 2.58. The lowest BCUT2D eigenvalue weighted by molar-refractivity contribution is -0.00000629. The van der Waals surface area contributed by atoms with Gasteiger partial charge in [0.2, 0.25) is 0 Å². The van der Waals surface area contributed by atoms with E-state index < -0.39 is 7.26 Å². The van der Waals surface area contributed by atoms with E-state index in [1.165, 1.54) is 15.9 Å². The summed E-state index contributed by atoms with van der Waals surface area (Å²) in [6.45, 7) is 0. The van der Waals surface area contributed by atoms with E-state index in [0.717, 1.165) is 5.56 Å². The molecule has 0 amide bonds. The zero-order valence-electron chi connectivity index (χ0n) is 16.8. The highest BCUT2D eigenvalue weighted by molar-refractivity contribution is 7.95.